The Morgan fingerprint density at radius 1 is 1.14 bits per heavy atom. The van der Waals surface area contributed by atoms with Crippen LogP contribution in [0.3, 0.4) is 0 Å². The van der Waals surface area contributed by atoms with Crippen molar-refractivity contribution in [3.8, 4) is 0 Å². The van der Waals surface area contributed by atoms with Crippen molar-refractivity contribution < 1.29 is 4.79 Å². The third kappa shape index (κ3) is 3.80. The Balaban J connectivity index is 2.21. The minimum Gasteiger partial charge on any atom is -0.399 e. The number of nitrogen functional groups attached to an aromatic ring is 1. The molecule has 0 saturated carbocycles. The highest BCUT2D eigenvalue weighted by Crippen LogP contribution is 2.27. The van der Waals surface area contributed by atoms with E-state index in [2.05, 4.69) is 5.32 Å². The molecule has 2 rings (SSSR count). The lowest BCUT2D eigenvalue weighted by atomic mass is 10.2. The molecule has 0 unspecified atom stereocenters. The monoisotopic (exact) mass is 323 g/mol. The van der Waals surface area contributed by atoms with E-state index in [0.29, 0.717) is 27.0 Å². The second-order valence-electron chi connectivity index (χ2n) is 4.79. The van der Waals surface area contributed by atoms with Crippen LogP contribution in [0.5, 0.6) is 0 Å². The van der Waals surface area contributed by atoms with Crippen LogP contribution >= 0.6 is 23.2 Å². The number of anilines is 3. The van der Waals surface area contributed by atoms with Gasteiger partial charge in [-0.15, -0.1) is 0 Å². The smallest absolute Gasteiger partial charge is 0.255 e. The maximum absolute atomic E-state index is 12.2. The predicted molar refractivity (Wildman–Crippen MR) is 89.6 cm³/mol. The topological polar surface area (TPSA) is 58.4 Å². The van der Waals surface area contributed by atoms with Crippen LogP contribution in [0, 0.1) is 0 Å². The summed E-state index contributed by atoms with van der Waals surface area (Å²) < 4.78 is 0. The first-order valence-electron chi connectivity index (χ1n) is 6.21. The van der Waals surface area contributed by atoms with Gasteiger partial charge in [0.1, 0.15) is 0 Å². The highest BCUT2D eigenvalue weighted by molar-refractivity contribution is 6.33. The van der Waals surface area contributed by atoms with Crippen LogP contribution in [0.15, 0.2) is 36.4 Å². The maximum Gasteiger partial charge on any atom is 0.255 e. The number of nitrogens with zero attached hydrogens (tertiary/aromatic N) is 1. The number of nitrogens with two attached hydrogens (primary N) is 1. The van der Waals surface area contributed by atoms with Gasteiger partial charge in [0.15, 0.2) is 0 Å². The summed E-state index contributed by atoms with van der Waals surface area (Å²) in [7, 11) is 3.79. The summed E-state index contributed by atoms with van der Waals surface area (Å²) in [6, 6.07) is 10.0. The molecule has 0 fully saturated rings. The largest absolute Gasteiger partial charge is 0.399 e. The Labute approximate surface area is 133 Å². The average molecular weight is 324 g/mol. The van der Waals surface area contributed by atoms with E-state index in [0.717, 1.165) is 5.69 Å². The van der Waals surface area contributed by atoms with Gasteiger partial charge in [-0.25, -0.2) is 0 Å². The molecule has 0 bridgehead atoms. The minimum absolute atomic E-state index is 0.294. The zero-order chi connectivity index (χ0) is 15.6. The number of rotatable bonds is 3. The number of carbonyl (C=O) groups is 1. The summed E-state index contributed by atoms with van der Waals surface area (Å²) >= 11 is 12.1. The molecule has 0 atom stereocenters. The van der Waals surface area contributed by atoms with E-state index in [1.54, 1.807) is 30.3 Å². The number of nitrogens with one attached hydrogen (secondary N) is 1. The van der Waals surface area contributed by atoms with Gasteiger partial charge in [0.05, 0.1) is 10.7 Å². The van der Waals surface area contributed by atoms with E-state index in [1.807, 2.05) is 25.1 Å². The van der Waals surface area contributed by atoms with Crippen molar-refractivity contribution in [3.63, 3.8) is 0 Å². The molecule has 0 aliphatic heterocycles. The van der Waals surface area contributed by atoms with Gasteiger partial charge in [-0.3, -0.25) is 4.79 Å². The Kier molecular flexibility index (Phi) is 4.60. The van der Waals surface area contributed by atoms with Crippen molar-refractivity contribution in [2.75, 3.05) is 30.0 Å². The van der Waals surface area contributed by atoms with Crippen LogP contribution in [0.4, 0.5) is 17.1 Å². The second-order valence-corrected chi connectivity index (χ2v) is 5.63. The first-order chi connectivity index (χ1) is 9.86. The molecule has 2 aromatic carbocycles. The molecule has 4 nitrogen and oxygen atoms in total. The molecule has 110 valence electrons. The van der Waals surface area contributed by atoms with Gasteiger partial charge in [0.25, 0.3) is 5.91 Å². The summed E-state index contributed by atoms with van der Waals surface area (Å²) in [6.45, 7) is 0. The van der Waals surface area contributed by atoms with Crippen LogP contribution in [0.25, 0.3) is 0 Å². The third-order valence-corrected chi connectivity index (χ3v) is 3.39. The third-order valence-electron chi connectivity index (χ3n) is 2.87. The number of halogens is 2. The molecule has 1 amide bonds. The van der Waals surface area contributed by atoms with Crippen molar-refractivity contribution in [3.05, 3.63) is 52.0 Å². The quantitative estimate of drug-likeness (QED) is 0.842. The van der Waals surface area contributed by atoms with Gasteiger partial charge < -0.3 is 16.0 Å². The van der Waals surface area contributed by atoms with Crippen LogP contribution in [-0.2, 0) is 0 Å². The molecule has 0 aliphatic rings. The summed E-state index contributed by atoms with van der Waals surface area (Å²) in [5, 5.41) is 3.74. The lowest BCUT2D eigenvalue weighted by molar-refractivity contribution is 0.102. The molecule has 6 heteroatoms. The van der Waals surface area contributed by atoms with Crippen LogP contribution in [0.1, 0.15) is 10.4 Å². The van der Waals surface area contributed by atoms with Gasteiger partial charge in [-0.05, 0) is 36.4 Å². The van der Waals surface area contributed by atoms with Crippen LogP contribution < -0.4 is 16.0 Å². The van der Waals surface area contributed by atoms with Gasteiger partial charge in [-0.1, -0.05) is 23.2 Å². The number of carbonyl (C=O) groups excluding carboxylic acids is 1. The van der Waals surface area contributed by atoms with E-state index in [9.17, 15) is 4.79 Å². The number of benzene rings is 2. The standard InChI is InChI=1S/C15H15Cl2N3O/c1-20(2)14-4-3-12(8-13(14)17)19-15(21)9-5-10(16)7-11(18)6-9/h3-8H,18H2,1-2H3,(H,19,21). The fraction of sp³-hybridized carbons (Fsp3) is 0.133. The van der Waals surface area contributed by atoms with E-state index < -0.39 is 0 Å². The molecule has 0 heterocycles. The maximum atomic E-state index is 12.2. The molecular weight excluding hydrogens is 309 g/mol. The van der Waals surface area contributed by atoms with Gasteiger partial charge in [0, 0.05) is 36.1 Å². The van der Waals surface area contributed by atoms with E-state index in [4.69, 9.17) is 28.9 Å². The molecule has 0 aliphatic carbocycles. The number of hydrogen-bond donors (Lipinski definition) is 2. The average Bonchev–Trinajstić information content (AvgIpc) is 2.37. The first-order valence-corrected chi connectivity index (χ1v) is 6.96. The first kappa shape index (κ1) is 15.5. The molecule has 0 spiro atoms. The van der Waals surface area contributed by atoms with E-state index in [-0.39, 0.29) is 5.91 Å². The lowest BCUT2D eigenvalue weighted by Crippen LogP contribution is -2.13. The van der Waals surface area contributed by atoms with Crippen LogP contribution in [-0.4, -0.2) is 20.0 Å². The summed E-state index contributed by atoms with van der Waals surface area (Å²) in [5.74, 6) is -0.294. The normalized spacial score (nSPS) is 10.3. The number of hydrogen-bond acceptors (Lipinski definition) is 3. The Morgan fingerprint density at radius 2 is 1.86 bits per heavy atom. The van der Waals surface area contributed by atoms with E-state index in [1.165, 1.54) is 0 Å². The highest BCUT2D eigenvalue weighted by atomic mass is 35.5. The zero-order valence-corrected chi connectivity index (χ0v) is 13.2. The van der Waals surface area contributed by atoms with Crippen molar-refractivity contribution >= 4 is 46.2 Å². The Bertz CT molecular complexity index is 666. The van der Waals surface area contributed by atoms with E-state index >= 15 is 0 Å². The SMILES string of the molecule is CN(C)c1ccc(NC(=O)c2cc(N)cc(Cl)c2)cc1Cl. The lowest BCUT2D eigenvalue weighted by Gasteiger charge is -2.15. The summed E-state index contributed by atoms with van der Waals surface area (Å²) in [6.07, 6.45) is 0. The summed E-state index contributed by atoms with van der Waals surface area (Å²) in [5.41, 5.74) is 7.99. The molecule has 0 aromatic heterocycles. The van der Waals surface area contributed by atoms with Crippen molar-refractivity contribution in [2.45, 2.75) is 0 Å². The van der Waals surface area contributed by atoms with Gasteiger partial charge in [0.2, 0.25) is 0 Å². The molecule has 0 saturated heterocycles. The molecule has 0 radical (unpaired) electrons. The molecule has 2 aromatic rings. The summed E-state index contributed by atoms with van der Waals surface area (Å²) in [4.78, 5) is 14.1. The molecule has 21 heavy (non-hydrogen) atoms. The van der Waals surface area contributed by atoms with Crippen LogP contribution in [0.2, 0.25) is 10.0 Å². The minimum atomic E-state index is -0.294. The van der Waals surface area contributed by atoms with Crippen molar-refractivity contribution in [1.29, 1.82) is 0 Å². The van der Waals surface area contributed by atoms with Crippen molar-refractivity contribution in [1.82, 2.24) is 0 Å². The fourth-order valence-corrected chi connectivity index (χ4v) is 2.49. The fourth-order valence-electron chi connectivity index (χ4n) is 1.89. The number of amides is 1. The Hall–Kier alpha value is -1.91. The highest BCUT2D eigenvalue weighted by Gasteiger charge is 2.10. The molecular formula is C15H15Cl2N3O. The predicted octanol–water partition coefficient (Wildman–Crippen LogP) is 3.89. The molecule has 3 N–H and O–H groups in total. The van der Waals surface area contributed by atoms with Crippen molar-refractivity contribution in [2.24, 2.45) is 0 Å². The zero-order valence-electron chi connectivity index (χ0n) is 11.7. The Morgan fingerprint density at radius 3 is 2.43 bits per heavy atom. The van der Waals surface area contributed by atoms with Gasteiger partial charge >= 0.3 is 0 Å². The second kappa shape index (κ2) is 6.24. The van der Waals surface area contributed by atoms with Gasteiger partial charge in [-0.2, -0.15) is 0 Å².